The molecule has 2 aromatic carbocycles. The van der Waals surface area contributed by atoms with Crippen molar-refractivity contribution in [3.63, 3.8) is 0 Å². The Morgan fingerprint density at radius 3 is 2.58 bits per heavy atom. The van der Waals surface area contributed by atoms with E-state index in [-0.39, 0.29) is 0 Å². The summed E-state index contributed by atoms with van der Waals surface area (Å²) >= 11 is 0. The summed E-state index contributed by atoms with van der Waals surface area (Å²) in [6.45, 7) is 4.14. The van der Waals surface area contributed by atoms with E-state index in [1.807, 2.05) is 55.5 Å². The van der Waals surface area contributed by atoms with Crippen molar-refractivity contribution in [2.45, 2.75) is 20.3 Å². The first-order chi connectivity index (χ1) is 11.7. The molecule has 3 rings (SSSR count). The molecule has 3 aromatic rings. The smallest absolute Gasteiger partial charge is 0.248 e. The average molecular weight is 320 g/mol. The number of ether oxygens (including phenoxy) is 1. The molecule has 0 spiro atoms. The van der Waals surface area contributed by atoms with E-state index < -0.39 is 0 Å². The van der Waals surface area contributed by atoms with Crippen molar-refractivity contribution >= 4 is 17.2 Å². The normalized spacial score (nSPS) is 10.4. The number of nitrogens with zero attached hydrogens (tertiary/aromatic N) is 2. The van der Waals surface area contributed by atoms with Crippen LogP contribution >= 0.6 is 0 Å². The van der Waals surface area contributed by atoms with Crippen LogP contribution in [0.15, 0.2) is 54.9 Å². The first kappa shape index (κ1) is 15.8. The molecular weight excluding hydrogens is 300 g/mol. The zero-order chi connectivity index (χ0) is 16.9. The summed E-state index contributed by atoms with van der Waals surface area (Å²) < 4.78 is 5.79. The Kier molecular flexibility index (Phi) is 4.61. The third kappa shape index (κ3) is 3.63. The van der Waals surface area contributed by atoms with Gasteiger partial charge in [-0.3, -0.25) is 0 Å². The highest BCUT2D eigenvalue weighted by Crippen LogP contribution is 2.31. The largest absolute Gasteiger partial charge is 0.437 e. The third-order valence-electron chi connectivity index (χ3n) is 3.67. The standard InChI is InChI=1S/C19H20N4O/c1-3-14-7-9-16(10-8-14)24-19-17(20)18(21-12-22-19)23-15-6-4-5-13(2)11-15/h4-12H,3,20H2,1-2H3,(H,21,22,23). The fourth-order valence-electron chi connectivity index (χ4n) is 2.32. The SMILES string of the molecule is CCc1ccc(Oc2ncnc(Nc3cccc(C)c3)c2N)cc1. The third-order valence-corrected chi connectivity index (χ3v) is 3.67. The highest BCUT2D eigenvalue weighted by atomic mass is 16.5. The first-order valence-electron chi connectivity index (χ1n) is 7.86. The summed E-state index contributed by atoms with van der Waals surface area (Å²) in [4.78, 5) is 8.34. The number of hydrogen-bond donors (Lipinski definition) is 2. The molecule has 0 radical (unpaired) electrons. The Morgan fingerprint density at radius 1 is 1.08 bits per heavy atom. The number of nitrogens with one attached hydrogen (secondary N) is 1. The Morgan fingerprint density at radius 2 is 1.88 bits per heavy atom. The van der Waals surface area contributed by atoms with Gasteiger partial charge in [-0.15, -0.1) is 0 Å². The van der Waals surface area contributed by atoms with Gasteiger partial charge in [0.25, 0.3) is 0 Å². The fourth-order valence-corrected chi connectivity index (χ4v) is 2.32. The van der Waals surface area contributed by atoms with Gasteiger partial charge < -0.3 is 15.8 Å². The molecule has 0 bridgehead atoms. The van der Waals surface area contributed by atoms with Crippen molar-refractivity contribution < 1.29 is 4.74 Å². The number of rotatable bonds is 5. The Hall–Kier alpha value is -3.08. The van der Waals surface area contributed by atoms with Crippen molar-refractivity contribution in [2.75, 3.05) is 11.1 Å². The maximum atomic E-state index is 6.16. The second kappa shape index (κ2) is 7.00. The van der Waals surface area contributed by atoms with Crippen LogP contribution in [0.5, 0.6) is 11.6 Å². The number of nitrogens with two attached hydrogens (primary N) is 1. The molecule has 0 saturated carbocycles. The molecule has 0 atom stereocenters. The maximum absolute atomic E-state index is 6.16. The van der Waals surface area contributed by atoms with E-state index >= 15 is 0 Å². The van der Waals surface area contributed by atoms with Gasteiger partial charge in [-0.2, -0.15) is 4.98 Å². The minimum Gasteiger partial charge on any atom is -0.437 e. The van der Waals surface area contributed by atoms with Crippen LogP contribution in [-0.4, -0.2) is 9.97 Å². The maximum Gasteiger partial charge on any atom is 0.248 e. The fraction of sp³-hybridized carbons (Fsp3) is 0.158. The minimum absolute atomic E-state index is 0.337. The molecule has 0 saturated heterocycles. The van der Waals surface area contributed by atoms with Crippen LogP contribution in [-0.2, 0) is 6.42 Å². The lowest BCUT2D eigenvalue weighted by Gasteiger charge is -2.12. The van der Waals surface area contributed by atoms with Crippen molar-refractivity contribution in [3.05, 3.63) is 66.0 Å². The molecule has 1 heterocycles. The van der Waals surface area contributed by atoms with E-state index in [0.717, 1.165) is 17.7 Å². The van der Waals surface area contributed by atoms with Crippen molar-refractivity contribution in [2.24, 2.45) is 0 Å². The molecule has 5 heteroatoms. The van der Waals surface area contributed by atoms with Crippen LogP contribution in [0.25, 0.3) is 0 Å². The highest BCUT2D eigenvalue weighted by molar-refractivity contribution is 5.72. The molecule has 5 nitrogen and oxygen atoms in total. The van der Waals surface area contributed by atoms with Gasteiger partial charge >= 0.3 is 0 Å². The zero-order valence-electron chi connectivity index (χ0n) is 13.8. The molecule has 0 unspecified atom stereocenters. The van der Waals surface area contributed by atoms with Gasteiger partial charge in [0.2, 0.25) is 5.88 Å². The van der Waals surface area contributed by atoms with E-state index in [0.29, 0.717) is 23.1 Å². The van der Waals surface area contributed by atoms with Gasteiger partial charge in [0.15, 0.2) is 5.82 Å². The molecule has 0 amide bonds. The van der Waals surface area contributed by atoms with Gasteiger partial charge in [0.05, 0.1) is 0 Å². The number of nitrogen functional groups attached to an aromatic ring is 1. The van der Waals surface area contributed by atoms with Crippen LogP contribution in [0.1, 0.15) is 18.1 Å². The predicted octanol–water partition coefficient (Wildman–Crippen LogP) is 4.47. The van der Waals surface area contributed by atoms with E-state index in [4.69, 9.17) is 10.5 Å². The second-order valence-corrected chi connectivity index (χ2v) is 5.54. The van der Waals surface area contributed by atoms with Crippen molar-refractivity contribution in [1.82, 2.24) is 9.97 Å². The molecule has 0 aliphatic carbocycles. The minimum atomic E-state index is 0.337. The molecule has 122 valence electrons. The zero-order valence-corrected chi connectivity index (χ0v) is 13.8. The Bertz CT molecular complexity index is 831. The topological polar surface area (TPSA) is 73.1 Å². The molecule has 0 aliphatic rings. The quantitative estimate of drug-likeness (QED) is 0.726. The van der Waals surface area contributed by atoms with Gasteiger partial charge in [-0.25, -0.2) is 4.98 Å². The van der Waals surface area contributed by atoms with E-state index in [2.05, 4.69) is 22.2 Å². The van der Waals surface area contributed by atoms with E-state index in [1.165, 1.54) is 11.9 Å². The summed E-state index contributed by atoms with van der Waals surface area (Å²) in [7, 11) is 0. The van der Waals surface area contributed by atoms with Crippen LogP contribution in [0.2, 0.25) is 0 Å². The Balaban J connectivity index is 1.82. The molecule has 0 fully saturated rings. The average Bonchev–Trinajstić information content (AvgIpc) is 2.59. The monoisotopic (exact) mass is 320 g/mol. The number of aromatic nitrogens is 2. The summed E-state index contributed by atoms with van der Waals surface area (Å²) in [5.74, 6) is 1.55. The molecule has 1 aromatic heterocycles. The molecular formula is C19H20N4O. The number of benzene rings is 2. The summed E-state index contributed by atoms with van der Waals surface area (Å²) in [5, 5.41) is 3.20. The predicted molar refractivity (Wildman–Crippen MR) is 96.8 cm³/mol. The first-order valence-corrected chi connectivity index (χ1v) is 7.86. The van der Waals surface area contributed by atoms with Gasteiger partial charge in [-0.1, -0.05) is 31.2 Å². The summed E-state index contributed by atoms with van der Waals surface area (Å²) in [6.07, 6.45) is 2.42. The lowest BCUT2D eigenvalue weighted by atomic mass is 10.2. The molecule has 24 heavy (non-hydrogen) atoms. The second-order valence-electron chi connectivity index (χ2n) is 5.54. The number of anilines is 3. The Labute approximate surface area is 141 Å². The number of hydrogen-bond acceptors (Lipinski definition) is 5. The van der Waals surface area contributed by atoms with Crippen LogP contribution < -0.4 is 15.8 Å². The van der Waals surface area contributed by atoms with Gasteiger partial charge in [-0.05, 0) is 48.7 Å². The lowest BCUT2D eigenvalue weighted by molar-refractivity contribution is 0.464. The van der Waals surface area contributed by atoms with E-state index in [1.54, 1.807) is 0 Å². The van der Waals surface area contributed by atoms with Crippen LogP contribution in [0.4, 0.5) is 17.2 Å². The number of aryl methyl sites for hydroxylation is 2. The van der Waals surface area contributed by atoms with Crippen molar-refractivity contribution in [3.8, 4) is 11.6 Å². The van der Waals surface area contributed by atoms with Crippen molar-refractivity contribution in [1.29, 1.82) is 0 Å². The lowest BCUT2D eigenvalue weighted by Crippen LogP contribution is -2.03. The van der Waals surface area contributed by atoms with Gasteiger partial charge in [0.1, 0.15) is 17.8 Å². The summed E-state index contributed by atoms with van der Waals surface area (Å²) in [5.41, 5.74) is 9.85. The van der Waals surface area contributed by atoms with E-state index in [9.17, 15) is 0 Å². The summed E-state index contributed by atoms with van der Waals surface area (Å²) in [6, 6.07) is 15.9. The molecule has 0 aliphatic heterocycles. The van der Waals surface area contributed by atoms with Crippen LogP contribution in [0.3, 0.4) is 0 Å². The highest BCUT2D eigenvalue weighted by Gasteiger charge is 2.10. The molecule has 3 N–H and O–H groups in total. The van der Waals surface area contributed by atoms with Crippen LogP contribution in [0, 0.1) is 6.92 Å². The van der Waals surface area contributed by atoms with Gasteiger partial charge in [0, 0.05) is 5.69 Å².